The van der Waals surface area contributed by atoms with Gasteiger partial charge in [-0.15, -0.1) is 11.3 Å². The fourth-order valence-electron chi connectivity index (χ4n) is 1.93. The highest BCUT2D eigenvalue weighted by molar-refractivity contribution is 7.16. The Morgan fingerprint density at radius 3 is 2.61 bits per heavy atom. The van der Waals surface area contributed by atoms with E-state index in [2.05, 4.69) is 5.32 Å². The number of rotatable bonds is 7. The second-order valence-electron chi connectivity index (χ2n) is 4.93. The molecule has 1 amide bonds. The molecule has 0 aliphatic heterocycles. The van der Waals surface area contributed by atoms with Crippen molar-refractivity contribution in [2.45, 2.75) is 25.2 Å². The number of thiophene rings is 1. The van der Waals surface area contributed by atoms with Crippen molar-refractivity contribution in [1.82, 2.24) is 5.32 Å². The number of nitrogens with one attached hydrogen (secondary N) is 1. The fraction of sp³-hybridized carbons (Fsp3) is 0.312. The van der Waals surface area contributed by atoms with E-state index in [1.165, 1.54) is 11.3 Å². The molecule has 2 atom stereocenters. The highest BCUT2D eigenvalue weighted by Crippen LogP contribution is 2.29. The summed E-state index contributed by atoms with van der Waals surface area (Å²) in [5.74, 6) is 0. The normalized spacial score (nSPS) is 13.3. The summed E-state index contributed by atoms with van der Waals surface area (Å²) in [4.78, 5) is 12.1. The maximum absolute atomic E-state index is 11.5. The van der Waals surface area contributed by atoms with Crippen molar-refractivity contribution >= 4 is 29.0 Å². The number of amides is 1. The smallest absolute Gasteiger partial charge is 0.407 e. The van der Waals surface area contributed by atoms with Gasteiger partial charge in [0, 0.05) is 11.4 Å². The zero-order valence-electron chi connectivity index (χ0n) is 12.3. The predicted octanol–water partition coefficient (Wildman–Crippen LogP) is 3.11. The Morgan fingerprint density at radius 1 is 1.22 bits per heavy atom. The summed E-state index contributed by atoms with van der Waals surface area (Å²) in [5, 5.41) is 22.4. The first-order valence-corrected chi connectivity index (χ1v) is 8.31. The van der Waals surface area contributed by atoms with Crippen LogP contribution in [-0.4, -0.2) is 29.0 Å². The third-order valence-corrected chi connectivity index (χ3v) is 4.47. The van der Waals surface area contributed by atoms with Gasteiger partial charge in [0.2, 0.25) is 0 Å². The summed E-state index contributed by atoms with van der Waals surface area (Å²) in [6.07, 6.45) is -2.36. The van der Waals surface area contributed by atoms with Crippen LogP contribution in [-0.2, 0) is 11.3 Å². The van der Waals surface area contributed by atoms with Crippen LogP contribution in [0.3, 0.4) is 0 Å². The average Bonchev–Trinajstić information content (AvgIpc) is 2.99. The lowest BCUT2D eigenvalue weighted by atomic mass is 10.1. The van der Waals surface area contributed by atoms with E-state index in [4.69, 9.17) is 16.3 Å². The first-order valence-electron chi connectivity index (χ1n) is 7.12. The molecule has 0 spiro atoms. The van der Waals surface area contributed by atoms with Crippen LogP contribution >= 0.6 is 22.9 Å². The third kappa shape index (κ3) is 5.84. The molecule has 3 N–H and O–H groups in total. The SMILES string of the molecule is O=C(NCCC(O)C(O)c1ccc(Cl)s1)OCc1ccccc1. The summed E-state index contributed by atoms with van der Waals surface area (Å²) in [5.41, 5.74) is 0.896. The van der Waals surface area contributed by atoms with E-state index in [9.17, 15) is 15.0 Å². The van der Waals surface area contributed by atoms with Gasteiger partial charge < -0.3 is 20.3 Å². The number of hydrogen-bond donors (Lipinski definition) is 3. The van der Waals surface area contributed by atoms with Gasteiger partial charge in [0.15, 0.2) is 0 Å². The predicted molar refractivity (Wildman–Crippen MR) is 89.5 cm³/mol. The third-order valence-electron chi connectivity index (χ3n) is 3.17. The summed E-state index contributed by atoms with van der Waals surface area (Å²) >= 11 is 7.01. The highest BCUT2D eigenvalue weighted by atomic mass is 35.5. The van der Waals surface area contributed by atoms with Crippen LogP contribution in [0.5, 0.6) is 0 Å². The lowest BCUT2D eigenvalue weighted by Crippen LogP contribution is -2.29. The number of aliphatic hydroxyl groups is 2. The number of ether oxygens (including phenoxy) is 1. The van der Waals surface area contributed by atoms with Crippen LogP contribution < -0.4 is 5.32 Å². The molecule has 0 saturated heterocycles. The zero-order valence-corrected chi connectivity index (χ0v) is 13.9. The molecule has 1 heterocycles. The quantitative estimate of drug-likeness (QED) is 0.713. The maximum atomic E-state index is 11.5. The summed E-state index contributed by atoms with van der Waals surface area (Å²) in [6, 6.07) is 12.7. The molecule has 5 nitrogen and oxygen atoms in total. The van der Waals surface area contributed by atoms with E-state index in [1.54, 1.807) is 12.1 Å². The Kier molecular flexibility index (Phi) is 6.85. The van der Waals surface area contributed by atoms with E-state index in [0.29, 0.717) is 9.21 Å². The molecule has 2 aromatic rings. The Morgan fingerprint density at radius 2 is 1.96 bits per heavy atom. The Labute approximate surface area is 143 Å². The van der Waals surface area contributed by atoms with Crippen LogP contribution in [0.25, 0.3) is 0 Å². The second kappa shape index (κ2) is 8.88. The molecule has 2 rings (SSSR count). The van der Waals surface area contributed by atoms with Gasteiger partial charge in [0.25, 0.3) is 0 Å². The molecule has 0 saturated carbocycles. The molecular formula is C16H18ClNO4S. The van der Waals surface area contributed by atoms with Crippen molar-refractivity contribution in [1.29, 1.82) is 0 Å². The molecule has 0 radical (unpaired) electrons. The van der Waals surface area contributed by atoms with Gasteiger partial charge in [-0.1, -0.05) is 41.9 Å². The van der Waals surface area contributed by atoms with Gasteiger partial charge in [-0.2, -0.15) is 0 Å². The number of hydrogen-bond acceptors (Lipinski definition) is 5. The van der Waals surface area contributed by atoms with Crippen molar-refractivity contribution in [2.75, 3.05) is 6.54 Å². The molecule has 0 bridgehead atoms. The molecule has 0 aliphatic rings. The topological polar surface area (TPSA) is 78.8 Å². The van der Waals surface area contributed by atoms with Crippen molar-refractivity contribution in [3.05, 3.63) is 57.2 Å². The number of aliphatic hydroxyl groups excluding tert-OH is 2. The van der Waals surface area contributed by atoms with Crippen molar-refractivity contribution in [3.8, 4) is 0 Å². The summed E-state index contributed by atoms with van der Waals surface area (Å²) in [6.45, 7) is 0.385. The molecule has 1 aromatic heterocycles. The molecule has 23 heavy (non-hydrogen) atoms. The highest BCUT2D eigenvalue weighted by Gasteiger charge is 2.20. The lowest BCUT2D eigenvalue weighted by molar-refractivity contribution is 0.0157. The van der Waals surface area contributed by atoms with Crippen molar-refractivity contribution in [3.63, 3.8) is 0 Å². The second-order valence-corrected chi connectivity index (χ2v) is 6.68. The minimum absolute atomic E-state index is 0.186. The zero-order chi connectivity index (χ0) is 16.7. The van der Waals surface area contributed by atoms with Gasteiger partial charge in [0.05, 0.1) is 10.4 Å². The Hall–Kier alpha value is -1.60. The molecule has 2 unspecified atom stereocenters. The Balaban J connectivity index is 1.66. The van der Waals surface area contributed by atoms with Gasteiger partial charge in [-0.3, -0.25) is 0 Å². The van der Waals surface area contributed by atoms with Gasteiger partial charge in [0.1, 0.15) is 12.7 Å². The van der Waals surface area contributed by atoms with Gasteiger partial charge >= 0.3 is 6.09 Å². The molecular weight excluding hydrogens is 338 g/mol. The number of carbonyl (C=O) groups is 1. The fourth-order valence-corrected chi connectivity index (χ4v) is 3.04. The van der Waals surface area contributed by atoms with Crippen LogP contribution in [0, 0.1) is 0 Å². The van der Waals surface area contributed by atoms with Crippen LogP contribution in [0.2, 0.25) is 4.34 Å². The number of halogens is 1. The maximum Gasteiger partial charge on any atom is 0.407 e. The number of carbonyl (C=O) groups excluding carboxylic acids is 1. The van der Waals surface area contributed by atoms with E-state index in [-0.39, 0.29) is 19.6 Å². The van der Waals surface area contributed by atoms with Gasteiger partial charge in [-0.25, -0.2) is 4.79 Å². The minimum Gasteiger partial charge on any atom is -0.445 e. The monoisotopic (exact) mass is 355 g/mol. The lowest BCUT2D eigenvalue weighted by Gasteiger charge is -2.16. The minimum atomic E-state index is -1.02. The largest absolute Gasteiger partial charge is 0.445 e. The van der Waals surface area contributed by atoms with Crippen molar-refractivity contribution in [2.24, 2.45) is 0 Å². The van der Waals surface area contributed by atoms with Crippen LogP contribution in [0.15, 0.2) is 42.5 Å². The molecule has 7 heteroatoms. The Bertz CT molecular complexity index is 620. The van der Waals surface area contributed by atoms with Crippen LogP contribution in [0.1, 0.15) is 23.0 Å². The molecule has 1 aromatic carbocycles. The summed E-state index contributed by atoms with van der Waals surface area (Å²) in [7, 11) is 0. The standard InChI is InChI=1S/C16H18ClNO4S/c17-14-7-6-13(23-14)15(20)12(19)8-9-18-16(21)22-10-11-4-2-1-3-5-11/h1-7,12,15,19-20H,8-10H2,(H,18,21). The first-order chi connectivity index (χ1) is 11.1. The molecule has 0 aliphatic carbocycles. The summed E-state index contributed by atoms with van der Waals surface area (Å²) < 4.78 is 5.60. The first kappa shape index (κ1) is 17.7. The van der Waals surface area contributed by atoms with Gasteiger partial charge in [-0.05, 0) is 24.1 Å². The molecule has 124 valence electrons. The van der Waals surface area contributed by atoms with Crippen molar-refractivity contribution < 1.29 is 19.7 Å². The number of alkyl carbamates (subject to hydrolysis) is 1. The average molecular weight is 356 g/mol. The van der Waals surface area contributed by atoms with E-state index in [0.717, 1.165) is 5.56 Å². The van der Waals surface area contributed by atoms with E-state index < -0.39 is 18.3 Å². The van der Waals surface area contributed by atoms with Crippen LogP contribution in [0.4, 0.5) is 4.79 Å². The van der Waals surface area contributed by atoms with E-state index >= 15 is 0 Å². The van der Waals surface area contributed by atoms with E-state index in [1.807, 2.05) is 30.3 Å². The molecule has 0 fully saturated rings. The number of benzene rings is 1.